The molecule has 2 aromatic rings. The molecule has 0 spiro atoms. The second kappa shape index (κ2) is 6.38. The Kier molecular flexibility index (Phi) is 4.57. The van der Waals surface area contributed by atoms with Crippen LogP contribution in [0, 0.1) is 0 Å². The topological polar surface area (TPSA) is 63.4 Å². The van der Waals surface area contributed by atoms with E-state index >= 15 is 0 Å². The van der Waals surface area contributed by atoms with E-state index in [1.807, 2.05) is 0 Å². The van der Waals surface area contributed by atoms with Crippen molar-refractivity contribution in [2.75, 3.05) is 14.2 Å². The van der Waals surface area contributed by atoms with Crippen LogP contribution in [0.3, 0.4) is 0 Å². The molecule has 20 heavy (non-hydrogen) atoms. The van der Waals surface area contributed by atoms with Gasteiger partial charge in [-0.3, -0.25) is 0 Å². The lowest BCUT2D eigenvalue weighted by Crippen LogP contribution is -1.86. The number of phenols is 1. The first-order chi connectivity index (χ1) is 9.63. The number of benzene rings is 2. The number of hydrogen-bond donors (Lipinski definition) is 1. The molecule has 5 nitrogen and oxygen atoms in total. The van der Waals surface area contributed by atoms with Gasteiger partial charge in [0.05, 0.1) is 14.2 Å². The van der Waals surface area contributed by atoms with Crippen LogP contribution >= 0.6 is 15.9 Å². The zero-order chi connectivity index (χ0) is 14.5. The van der Waals surface area contributed by atoms with E-state index < -0.39 is 0 Å². The van der Waals surface area contributed by atoms with Crippen LogP contribution in [0.25, 0.3) is 0 Å². The number of phenolic OH excluding ortho intramolecular Hbond substituents is 1. The number of rotatable bonds is 4. The fraction of sp³-hybridized carbons (Fsp3) is 0.143. The summed E-state index contributed by atoms with van der Waals surface area (Å²) in [6, 6.07) is 10.2. The third-order valence-corrected chi connectivity index (χ3v) is 3.08. The number of hydrogen-bond acceptors (Lipinski definition) is 5. The summed E-state index contributed by atoms with van der Waals surface area (Å²) in [5, 5.41) is 17.8. The van der Waals surface area contributed by atoms with Gasteiger partial charge in [0.2, 0.25) is 0 Å². The molecular weight excluding hydrogens is 324 g/mol. The molecular formula is C14H13BrN2O3. The highest BCUT2D eigenvalue weighted by Gasteiger charge is 2.05. The average molecular weight is 337 g/mol. The van der Waals surface area contributed by atoms with Crippen molar-refractivity contribution in [2.24, 2.45) is 10.2 Å². The summed E-state index contributed by atoms with van der Waals surface area (Å²) < 4.78 is 11.1. The van der Waals surface area contributed by atoms with Crippen LogP contribution in [-0.2, 0) is 0 Å². The molecule has 0 radical (unpaired) electrons. The van der Waals surface area contributed by atoms with Crippen molar-refractivity contribution in [1.82, 2.24) is 0 Å². The fourth-order valence-electron chi connectivity index (χ4n) is 1.56. The summed E-state index contributed by atoms with van der Waals surface area (Å²) >= 11 is 3.32. The van der Waals surface area contributed by atoms with Gasteiger partial charge >= 0.3 is 0 Å². The summed E-state index contributed by atoms with van der Waals surface area (Å²) in [7, 11) is 3.13. The quantitative estimate of drug-likeness (QED) is 0.830. The van der Waals surface area contributed by atoms with Gasteiger partial charge in [0.25, 0.3) is 0 Å². The smallest absolute Gasteiger partial charge is 0.146 e. The number of aromatic hydroxyl groups is 1. The molecule has 1 N–H and O–H groups in total. The van der Waals surface area contributed by atoms with Gasteiger partial charge in [0.1, 0.15) is 28.6 Å². The summed E-state index contributed by atoms with van der Waals surface area (Å²) in [5.41, 5.74) is 0.885. The second-order valence-electron chi connectivity index (χ2n) is 3.87. The highest BCUT2D eigenvalue weighted by molar-refractivity contribution is 9.10. The minimum absolute atomic E-state index is 0.0545. The molecule has 0 saturated carbocycles. The van der Waals surface area contributed by atoms with Crippen molar-refractivity contribution in [3.63, 3.8) is 0 Å². The van der Waals surface area contributed by atoms with Gasteiger partial charge < -0.3 is 14.6 Å². The molecule has 2 rings (SSSR count). The molecule has 104 valence electrons. The molecule has 0 fully saturated rings. The van der Waals surface area contributed by atoms with Gasteiger partial charge in [-0.1, -0.05) is 15.9 Å². The SMILES string of the molecule is COc1ccc(OC)c(N=Nc2cc(Br)ccc2O)c1. The molecule has 0 aromatic heterocycles. The molecule has 0 saturated heterocycles. The molecule has 0 atom stereocenters. The lowest BCUT2D eigenvalue weighted by molar-refractivity contribution is 0.404. The Morgan fingerprint density at radius 3 is 2.40 bits per heavy atom. The molecule has 0 heterocycles. The maximum absolute atomic E-state index is 9.71. The van der Waals surface area contributed by atoms with Crippen molar-refractivity contribution in [3.8, 4) is 17.2 Å². The van der Waals surface area contributed by atoms with Crippen molar-refractivity contribution in [1.29, 1.82) is 0 Å². The van der Waals surface area contributed by atoms with E-state index in [1.54, 1.807) is 50.6 Å². The number of nitrogens with zero attached hydrogens (tertiary/aromatic N) is 2. The first-order valence-corrected chi connectivity index (χ1v) is 6.55. The van der Waals surface area contributed by atoms with Gasteiger partial charge in [0, 0.05) is 10.5 Å². The number of methoxy groups -OCH3 is 2. The zero-order valence-electron chi connectivity index (χ0n) is 11.0. The van der Waals surface area contributed by atoms with E-state index in [4.69, 9.17) is 9.47 Å². The average Bonchev–Trinajstić information content (AvgIpc) is 2.47. The first-order valence-electron chi connectivity index (χ1n) is 5.76. The zero-order valence-corrected chi connectivity index (χ0v) is 12.6. The molecule has 0 unspecified atom stereocenters. The van der Waals surface area contributed by atoms with Crippen molar-refractivity contribution in [3.05, 3.63) is 40.9 Å². The maximum atomic E-state index is 9.71. The molecule has 0 aliphatic rings. The van der Waals surface area contributed by atoms with Crippen LogP contribution in [0.1, 0.15) is 0 Å². The van der Waals surface area contributed by atoms with Gasteiger partial charge in [-0.2, -0.15) is 0 Å². The molecule has 0 aliphatic heterocycles. The van der Waals surface area contributed by atoms with Gasteiger partial charge in [-0.25, -0.2) is 0 Å². The van der Waals surface area contributed by atoms with Crippen molar-refractivity contribution < 1.29 is 14.6 Å². The Morgan fingerprint density at radius 1 is 0.950 bits per heavy atom. The molecule has 0 aliphatic carbocycles. The van der Waals surface area contributed by atoms with E-state index in [1.165, 1.54) is 0 Å². The fourth-order valence-corrected chi connectivity index (χ4v) is 1.91. The number of halogens is 1. The van der Waals surface area contributed by atoms with E-state index in [0.717, 1.165) is 4.47 Å². The van der Waals surface area contributed by atoms with E-state index in [0.29, 0.717) is 22.9 Å². The highest BCUT2D eigenvalue weighted by atomic mass is 79.9. The Balaban J connectivity index is 2.37. The predicted molar refractivity (Wildman–Crippen MR) is 79.5 cm³/mol. The molecule has 6 heteroatoms. The molecule has 2 aromatic carbocycles. The summed E-state index contributed by atoms with van der Waals surface area (Å²) in [5.74, 6) is 1.28. The third-order valence-electron chi connectivity index (χ3n) is 2.59. The van der Waals surface area contributed by atoms with Gasteiger partial charge in [-0.05, 0) is 30.3 Å². The minimum atomic E-state index is 0.0545. The molecule has 0 bridgehead atoms. The first kappa shape index (κ1) is 14.3. The predicted octanol–water partition coefficient (Wildman–Crippen LogP) is 4.59. The molecule has 0 amide bonds. The maximum Gasteiger partial charge on any atom is 0.146 e. The lowest BCUT2D eigenvalue weighted by Gasteiger charge is -2.06. The standard InChI is InChI=1S/C14H13BrN2O3/c1-19-10-4-6-14(20-2)12(8-10)17-16-11-7-9(15)3-5-13(11)18/h3-8,18H,1-2H3. The second-order valence-corrected chi connectivity index (χ2v) is 4.79. The Hall–Kier alpha value is -2.08. The number of ether oxygens (including phenoxy) is 2. The van der Waals surface area contributed by atoms with Gasteiger partial charge in [-0.15, -0.1) is 10.2 Å². The van der Waals surface area contributed by atoms with Crippen LogP contribution < -0.4 is 9.47 Å². The van der Waals surface area contributed by atoms with Crippen LogP contribution in [0.4, 0.5) is 11.4 Å². The summed E-state index contributed by atoms with van der Waals surface area (Å²) in [6.45, 7) is 0. The minimum Gasteiger partial charge on any atom is -0.506 e. The van der Waals surface area contributed by atoms with Crippen molar-refractivity contribution in [2.45, 2.75) is 0 Å². The van der Waals surface area contributed by atoms with Crippen LogP contribution in [0.15, 0.2) is 51.1 Å². The van der Waals surface area contributed by atoms with E-state index in [-0.39, 0.29) is 5.75 Å². The van der Waals surface area contributed by atoms with Crippen LogP contribution in [0.2, 0.25) is 0 Å². The lowest BCUT2D eigenvalue weighted by atomic mass is 10.3. The monoisotopic (exact) mass is 336 g/mol. The van der Waals surface area contributed by atoms with Crippen LogP contribution in [0.5, 0.6) is 17.2 Å². The Morgan fingerprint density at radius 2 is 1.70 bits per heavy atom. The van der Waals surface area contributed by atoms with Crippen molar-refractivity contribution >= 4 is 27.3 Å². The Labute approximate surface area is 125 Å². The van der Waals surface area contributed by atoms with E-state index in [9.17, 15) is 5.11 Å². The number of azo groups is 1. The van der Waals surface area contributed by atoms with E-state index in [2.05, 4.69) is 26.2 Å². The summed E-state index contributed by atoms with van der Waals surface area (Å²) in [6.07, 6.45) is 0. The largest absolute Gasteiger partial charge is 0.506 e. The highest BCUT2D eigenvalue weighted by Crippen LogP contribution is 2.35. The third kappa shape index (κ3) is 3.27. The van der Waals surface area contributed by atoms with Crippen LogP contribution in [-0.4, -0.2) is 19.3 Å². The Bertz CT molecular complexity index is 644. The normalized spacial score (nSPS) is 10.8. The summed E-state index contributed by atoms with van der Waals surface area (Å²) in [4.78, 5) is 0. The van der Waals surface area contributed by atoms with Gasteiger partial charge in [0.15, 0.2) is 0 Å².